The fourth-order valence-corrected chi connectivity index (χ4v) is 1.25. The van der Waals surface area contributed by atoms with E-state index in [2.05, 4.69) is 39.7 Å². The number of hydrogen-bond acceptors (Lipinski definition) is 0. The van der Waals surface area contributed by atoms with Crippen molar-refractivity contribution < 1.29 is 0 Å². The van der Waals surface area contributed by atoms with Gasteiger partial charge in [-0.1, -0.05) is 42.7 Å². The second-order valence-electron chi connectivity index (χ2n) is 4.37. The van der Waals surface area contributed by atoms with Crippen LogP contribution in [0.15, 0.2) is 49.6 Å². The third-order valence-electron chi connectivity index (χ3n) is 2.26. The van der Waals surface area contributed by atoms with E-state index >= 15 is 0 Å². The van der Waals surface area contributed by atoms with Crippen LogP contribution in [0.4, 0.5) is 0 Å². The summed E-state index contributed by atoms with van der Waals surface area (Å²) >= 11 is 0. The van der Waals surface area contributed by atoms with Gasteiger partial charge in [0.25, 0.3) is 0 Å². The van der Waals surface area contributed by atoms with Crippen molar-refractivity contribution in [2.75, 3.05) is 0 Å². The molecule has 0 aliphatic heterocycles. The maximum Gasteiger partial charge on any atom is -0.0169 e. The molecule has 0 fully saturated rings. The van der Waals surface area contributed by atoms with Crippen molar-refractivity contribution in [3.8, 4) is 0 Å². The number of unbranched alkanes of at least 4 members (excludes halogenated alkanes) is 5. The Hall–Kier alpha value is -1.04. The van der Waals surface area contributed by atoms with Crippen LogP contribution in [-0.4, -0.2) is 0 Å². The van der Waals surface area contributed by atoms with E-state index in [9.17, 15) is 0 Å². The van der Waals surface area contributed by atoms with Crippen LogP contribution in [0.1, 0.15) is 58.8 Å². The van der Waals surface area contributed by atoms with Gasteiger partial charge in [0.2, 0.25) is 0 Å². The van der Waals surface area contributed by atoms with Gasteiger partial charge in [-0.15, -0.1) is 19.7 Å². The van der Waals surface area contributed by atoms with E-state index in [0.717, 1.165) is 6.42 Å². The molecule has 0 saturated carbocycles. The molecule has 0 heteroatoms. The van der Waals surface area contributed by atoms with Crippen LogP contribution >= 0.6 is 0 Å². The van der Waals surface area contributed by atoms with E-state index in [0.29, 0.717) is 0 Å². The first-order valence-corrected chi connectivity index (χ1v) is 6.65. The fraction of sp³-hybridized carbons (Fsp3) is 0.529. The lowest BCUT2D eigenvalue weighted by Crippen LogP contribution is -1.75. The Balaban J connectivity index is 0. The molecule has 0 saturated heterocycles. The number of allylic oxidation sites excluding steroid dienone is 5. The predicted octanol–water partition coefficient (Wildman–Crippen LogP) is 6.23. The van der Waals surface area contributed by atoms with Gasteiger partial charge in [0.1, 0.15) is 0 Å². The second-order valence-corrected chi connectivity index (χ2v) is 4.37. The Morgan fingerprint density at radius 2 is 1.24 bits per heavy atom. The van der Waals surface area contributed by atoms with Gasteiger partial charge in [-0.3, -0.25) is 0 Å². The van der Waals surface area contributed by atoms with E-state index in [1.807, 2.05) is 18.2 Å². The quantitative estimate of drug-likeness (QED) is 0.328. The smallest absolute Gasteiger partial charge is 0.0169 e. The highest BCUT2D eigenvalue weighted by molar-refractivity contribution is 4.96. The normalized spacial score (nSPS) is 8.59. The molecule has 0 aromatic carbocycles. The summed E-state index contributed by atoms with van der Waals surface area (Å²) in [5.74, 6) is 0. The van der Waals surface area contributed by atoms with Crippen LogP contribution in [0.3, 0.4) is 0 Å². The van der Waals surface area contributed by atoms with Crippen molar-refractivity contribution in [1.82, 2.24) is 0 Å². The maximum absolute atomic E-state index is 3.68. The largest absolute Gasteiger partial charge is 0.103 e. The van der Waals surface area contributed by atoms with Crippen molar-refractivity contribution in [3.05, 3.63) is 49.6 Å². The lowest BCUT2D eigenvalue weighted by atomic mass is 10.1. The van der Waals surface area contributed by atoms with E-state index in [-0.39, 0.29) is 0 Å². The Bertz CT molecular complexity index is 192. The van der Waals surface area contributed by atoms with Gasteiger partial charge in [-0.25, -0.2) is 0 Å². The zero-order valence-electron chi connectivity index (χ0n) is 11.9. The lowest BCUT2D eigenvalue weighted by Gasteiger charge is -1.95. The Morgan fingerprint density at radius 1 is 0.765 bits per heavy atom. The first-order valence-electron chi connectivity index (χ1n) is 6.65. The molecular weight excluding hydrogens is 204 g/mol. The molecule has 17 heavy (non-hydrogen) atoms. The van der Waals surface area contributed by atoms with Gasteiger partial charge in [-0.2, -0.15) is 0 Å². The van der Waals surface area contributed by atoms with Crippen LogP contribution in [0.5, 0.6) is 0 Å². The van der Waals surface area contributed by atoms with Gasteiger partial charge in [0.15, 0.2) is 0 Å². The summed E-state index contributed by atoms with van der Waals surface area (Å²) in [5, 5.41) is 0. The Labute approximate surface area is 109 Å². The van der Waals surface area contributed by atoms with Crippen molar-refractivity contribution in [3.63, 3.8) is 0 Å². The van der Waals surface area contributed by atoms with Gasteiger partial charge in [0, 0.05) is 0 Å². The highest BCUT2D eigenvalue weighted by Crippen LogP contribution is 2.05. The van der Waals surface area contributed by atoms with E-state index < -0.39 is 0 Å². The summed E-state index contributed by atoms with van der Waals surface area (Å²) in [6.07, 6.45) is 16.7. The number of hydrogen-bond donors (Lipinski definition) is 0. The molecule has 0 radical (unpaired) electrons. The third kappa shape index (κ3) is 25.3. The van der Waals surface area contributed by atoms with E-state index in [4.69, 9.17) is 0 Å². The van der Waals surface area contributed by atoms with Crippen LogP contribution in [0.2, 0.25) is 0 Å². The third-order valence-corrected chi connectivity index (χ3v) is 2.26. The van der Waals surface area contributed by atoms with Crippen molar-refractivity contribution in [1.29, 1.82) is 0 Å². The summed E-state index contributed by atoms with van der Waals surface area (Å²) < 4.78 is 0. The molecule has 0 rings (SSSR count). The summed E-state index contributed by atoms with van der Waals surface area (Å²) in [6, 6.07) is 0. The van der Waals surface area contributed by atoms with Gasteiger partial charge in [-0.05, 0) is 46.0 Å². The lowest BCUT2D eigenvalue weighted by molar-refractivity contribution is 0.653. The summed E-state index contributed by atoms with van der Waals surface area (Å²) in [4.78, 5) is 0. The van der Waals surface area contributed by atoms with Crippen molar-refractivity contribution in [2.45, 2.75) is 58.8 Å². The van der Waals surface area contributed by atoms with Crippen LogP contribution in [0, 0.1) is 0 Å². The van der Waals surface area contributed by atoms with Crippen LogP contribution < -0.4 is 0 Å². The predicted molar refractivity (Wildman–Crippen MR) is 82.3 cm³/mol. The standard InChI is InChI=1S/C10H18.C7H12/c1-3-5-7-9-10-8-6-4-2;1-4-5-6-7(2)3/h3-4H,1-2,5-10H2;4,6H,1,5H2,2-3H3. The van der Waals surface area contributed by atoms with E-state index in [1.54, 1.807) is 0 Å². The SMILES string of the molecule is C=CCC=C(C)C.C=CCCCCCCC=C. The minimum atomic E-state index is 1.00. The van der Waals surface area contributed by atoms with Gasteiger partial charge >= 0.3 is 0 Å². The zero-order valence-corrected chi connectivity index (χ0v) is 11.9. The summed E-state index contributed by atoms with van der Waals surface area (Å²) in [6.45, 7) is 15.1. The number of rotatable bonds is 9. The molecule has 0 aromatic rings. The molecule has 0 heterocycles. The maximum atomic E-state index is 3.68. The molecule has 0 amide bonds. The molecular formula is C17H30. The molecule has 0 atom stereocenters. The zero-order chi connectivity index (χ0) is 13.4. The molecule has 0 bridgehead atoms. The van der Waals surface area contributed by atoms with Crippen LogP contribution in [0.25, 0.3) is 0 Å². The minimum absolute atomic E-state index is 1.00. The van der Waals surface area contributed by atoms with Gasteiger partial charge < -0.3 is 0 Å². The Kier molecular flexibility index (Phi) is 18.7. The molecule has 0 nitrogen and oxygen atoms in total. The first-order chi connectivity index (χ1) is 8.18. The highest BCUT2D eigenvalue weighted by Gasteiger charge is 1.85. The second kappa shape index (κ2) is 17.4. The van der Waals surface area contributed by atoms with Crippen molar-refractivity contribution >= 4 is 0 Å². The first kappa shape index (κ1) is 18.3. The topological polar surface area (TPSA) is 0 Å². The van der Waals surface area contributed by atoms with Crippen molar-refractivity contribution in [2.24, 2.45) is 0 Å². The average Bonchev–Trinajstić information content (AvgIpc) is 2.32. The van der Waals surface area contributed by atoms with Gasteiger partial charge in [0.05, 0.1) is 0 Å². The molecule has 98 valence electrons. The Morgan fingerprint density at radius 3 is 1.47 bits per heavy atom. The van der Waals surface area contributed by atoms with E-state index in [1.165, 1.54) is 44.1 Å². The minimum Gasteiger partial charge on any atom is -0.103 e. The average molecular weight is 234 g/mol. The molecule has 0 aromatic heterocycles. The molecule has 0 N–H and O–H groups in total. The fourth-order valence-electron chi connectivity index (χ4n) is 1.25. The molecule has 0 aliphatic carbocycles. The molecule has 0 spiro atoms. The summed E-state index contributed by atoms with van der Waals surface area (Å²) in [7, 11) is 0. The molecule has 0 unspecified atom stereocenters. The monoisotopic (exact) mass is 234 g/mol. The van der Waals surface area contributed by atoms with Crippen LogP contribution in [-0.2, 0) is 0 Å². The summed E-state index contributed by atoms with van der Waals surface area (Å²) in [5.41, 5.74) is 1.36. The highest BCUT2D eigenvalue weighted by atomic mass is 13.9. The molecule has 0 aliphatic rings.